The second kappa shape index (κ2) is 12.0. The van der Waals surface area contributed by atoms with Gasteiger partial charge in [0.15, 0.2) is 5.96 Å². The first kappa shape index (κ1) is 23.4. The summed E-state index contributed by atoms with van der Waals surface area (Å²) in [5.41, 5.74) is 3.85. The topological polar surface area (TPSA) is 52.6 Å². The Morgan fingerprint density at radius 3 is 2.69 bits per heavy atom. The summed E-state index contributed by atoms with van der Waals surface area (Å²) in [6.45, 7) is 11.1. The van der Waals surface area contributed by atoms with Gasteiger partial charge in [-0.3, -0.25) is 0 Å². The van der Waals surface area contributed by atoms with Gasteiger partial charge in [-0.1, -0.05) is 36.8 Å². The molecule has 1 unspecified atom stereocenters. The third kappa shape index (κ3) is 7.17. The molecular formula is C23H34IN5. The van der Waals surface area contributed by atoms with Crippen LogP contribution in [-0.4, -0.2) is 37.1 Å². The molecule has 0 amide bonds. The zero-order valence-corrected chi connectivity index (χ0v) is 20.1. The van der Waals surface area contributed by atoms with Crippen LogP contribution in [-0.2, 0) is 6.54 Å². The molecule has 1 aliphatic heterocycles. The van der Waals surface area contributed by atoms with E-state index in [4.69, 9.17) is 4.99 Å². The number of nitrogens with one attached hydrogen (secondary N) is 2. The summed E-state index contributed by atoms with van der Waals surface area (Å²) in [4.78, 5) is 11.7. The zero-order valence-electron chi connectivity index (χ0n) is 17.8. The van der Waals surface area contributed by atoms with Gasteiger partial charge in [-0.25, -0.2) is 9.98 Å². The van der Waals surface area contributed by atoms with Crippen molar-refractivity contribution in [3.63, 3.8) is 0 Å². The van der Waals surface area contributed by atoms with E-state index in [1.54, 1.807) is 0 Å². The number of hydrogen-bond donors (Lipinski definition) is 2. The van der Waals surface area contributed by atoms with Gasteiger partial charge in [-0.15, -0.1) is 24.0 Å². The minimum Gasteiger partial charge on any atom is -0.357 e. The molecular weight excluding hydrogens is 473 g/mol. The highest BCUT2D eigenvalue weighted by atomic mass is 127. The third-order valence-electron chi connectivity index (χ3n) is 5.19. The van der Waals surface area contributed by atoms with Crippen molar-refractivity contribution in [3.8, 4) is 0 Å². The lowest BCUT2D eigenvalue weighted by atomic mass is 9.99. The molecule has 1 atom stereocenters. The van der Waals surface area contributed by atoms with E-state index >= 15 is 0 Å². The Hall–Kier alpha value is -1.83. The minimum absolute atomic E-state index is 0. The van der Waals surface area contributed by atoms with E-state index in [1.165, 1.54) is 29.5 Å². The number of halogens is 1. The van der Waals surface area contributed by atoms with Crippen LogP contribution in [0.4, 0.5) is 5.82 Å². The summed E-state index contributed by atoms with van der Waals surface area (Å²) < 4.78 is 0. The van der Waals surface area contributed by atoms with Gasteiger partial charge in [0.25, 0.3) is 0 Å². The lowest BCUT2D eigenvalue weighted by Gasteiger charge is -2.17. The van der Waals surface area contributed by atoms with E-state index in [-0.39, 0.29) is 24.0 Å². The SMILES string of the molecule is CCNC(=NCc1ccnc(N2CCCC2)c1)NCC(C)c1cccc(C)c1.I. The molecule has 0 radical (unpaired) electrons. The van der Waals surface area contributed by atoms with Crippen LogP contribution in [0.1, 0.15) is 49.3 Å². The first-order valence-corrected chi connectivity index (χ1v) is 10.4. The molecule has 2 N–H and O–H groups in total. The molecule has 0 saturated carbocycles. The molecule has 1 aromatic carbocycles. The molecule has 158 valence electrons. The van der Waals surface area contributed by atoms with Crippen molar-refractivity contribution in [2.75, 3.05) is 31.1 Å². The molecule has 3 rings (SSSR count). The summed E-state index contributed by atoms with van der Waals surface area (Å²) in [7, 11) is 0. The summed E-state index contributed by atoms with van der Waals surface area (Å²) in [6.07, 6.45) is 4.42. The highest BCUT2D eigenvalue weighted by Gasteiger charge is 2.13. The fourth-order valence-electron chi connectivity index (χ4n) is 3.53. The molecule has 2 heterocycles. The molecule has 0 bridgehead atoms. The summed E-state index contributed by atoms with van der Waals surface area (Å²) in [5, 5.41) is 6.84. The standard InChI is InChI=1S/C23H33N5.HI/c1-4-24-23(26-16-19(3)21-9-7-8-18(2)14-21)27-17-20-10-11-25-22(15-20)28-12-5-6-13-28;/h7-11,14-15,19H,4-6,12-13,16-17H2,1-3H3,(H2,24,26,27);1H. The molecule has 1 saturated heterocycles. The van der Waals surface area contributed by atoms with Crippen LogP contribution in [0.2, 0.25) is 0 Å². The highest BCUT2D eigenvalue weighted by Crippen LogP contribution is 2.19. The van der Waals surface area contributed by atoms with E-state index in [2.05, 4.69) is 77.7 Å². The van der Waals surface area contributed by atoms with Gasteiger partial charge in [0.05, 0.1) is 6.54 Å². The van der Waals surface area contributed by atoms with Crippen LogP contribution >= 0.6 is 24.0 Å². The van der Waals surface area contributed by atoms with Crippen molar-refractivity contribution >= 4 is 35.8 Å². The quantitative estimate of drug-likeness (QED) is 0.330. The minimum atomic E-state index is 0. The van der Waals surface area contributed by atoms with Gasteiger partial charge < -0.3 is 15.5 Å². The van der Waals surface area contributed by atoms with Crippen LogP contribution in [0.5, 0.6) is 0 Å². The first-order valence-electron chi connectivity index (χ1n) is 10.4. The second-order valence-electron chi connectivity index (χ2n) is 7.61. The third-order valence-corrected chi connectivity index (χ3v) is 5.19. The molecule has 29 heavy (non-hydrogen) atoms. The second-order valence-corrected chi connectivity index (χ2v) is 7.61. The molecule has 5 nitrogen and oxygen atoms in total. The number of hydrogen-bond acceptors (Lipinski definition) is 3. The number of pyridine rings is 1. The normalized spacial score (nSPS) is 15.0. The molecule has 0 spiro atoms. The predicted octanol–water partition coefficient (Wildman–Crippen LogP) is 4.47. The lowest BCUT2D eigenvalue weighted by molar-refractivity contribution is 0.699. The van der Waals surface area contributed by atoms with Crippen LogP contribution < -0.4 is 15.5 Å². The molecule has 1 aliphatic rings. The van der Waals surface area contributed by atoms with Crippen LogP contribution in [0, 0.1) is 6.92 Å². The van der Waals surface area contributed by atoms with Crippen molar-refractivity contribution in [1.29, 1.82) is 0 Å². The molecule has 1 aromatic heterocycles. The van der Waals surface area contributed by atoms with E-state index in [0.717, 1.165) is 38.0 Å². The predicted molar refractivity (Wildman–Crippen MR) is 134 cm³/mol. The Morgan fingerprint density at radius 2 is 1.97 bits per heavy atom. The number of guanidine groups is 1. The maximum absolute atomic E-state index is 4.78. The van der Waals surface area contributed by atoms with Gasteiger partial charge in [0.1, 0.15) is 5.82 Å². The Balaban J connectivity index is 0.00000300. The number of nitrogens with zero attached hydrogens (tertiary/aromatic N) is 3. The number of aromatic nitrogens is 1. The van der Waals surface area contributed by atoms with E-state index in [0.29, 0.717) is 12.5 Å². The fourth-order valence-corrected chi connectivity index (χ4v) is 3.53. The zero-order chi connectivity index (χ0) is 19.8. The van der Waals surface area contributed by atoms with E-state index < -0.39 is 0 Å². The molecule has 2 aromatic rings. The fraction of sp³-hybridized carbons (Fsp3) is 0.478. The van der Waals surface area contributed by atoms with Gasteiger partial charge >= 0.3 is 0 Å². The number of rotatable bonds is 7. The van der Waals surface area contributed by atoms with Gasteiger partial charge in [0, 0.05) is 32.4 Å². The van der Waals surface area contributed by atoms with Crippen molar-refractivity contribution in [2.45, 2.75) is 46.1 Å². The van der Waals surface area contributed by atoms with Gasteiger partial charge in [-0.05, 0) is 55.9 Å². The number of aliphatic imine (C=N–C) groups is 1. The average Bonchev–Trinajstić information content (AvgIpc) is 3.25. The number of anilines is 1. The Bertz CT molecular complexity index is 786. The Kier molecular flexibility index (Phi) is 9.70. The molecule has 1 fully saturated rings. The molecule has 0 aliphatic carbocycles. The summed E-state index contributed by atoms with van der Waals surface area (Å²) in [6, 6.07) is 12.9. The van der Waals surface area contributed by atoms with E-state index in [1.807, 2.05) is 6.20 Å². The monoisotopic (exact) mass is 507 g/mol. The first-order chi connectivity index (χ1) is 13.7. The maximum Gasteiger partial charge on any atom is 0.191 e. The highest BCUT2D eigenvalue weighted by molar-refractivity contribution is 14.0. The smallest absolute Gasteiger partial charge is 0.191 e. The van der Waals surface area contributed by atoms with Crippen molar-refractivity contribution in [3.05, 3.63) is 59.3 Å². The van der Waals surface area contributed by atoms with Crippen molar-refractivity contribution in [1.82, 2.24) is 15.6 Å². The van der Waals surface area contributed by atoms with Gasteiger partial charge in [0.2, 0.25) is 0 Å². The largest absolute Gasteiger partial charge is 0.357 e. The van der Waals surface area contributed by atoms with Crippen molar-refractivity contribution in [2.24, 2.45) is 4.99 Å². The Morgan fingerprint density at radius 1 is 1.17 bits per heavy atom. The average molecular weight is 507 g/mol. The number of aryl methyl sites for hydroxylation is 1. The van der Waals surface area contributed by atoms with Crippen LogP contribution in [0.3, 0.4) is 0 Å². The lowest BCUT2D eigenvalue weighted by Crippen LogP contribution is -2.39. The van der Waals surface area contributed by atoms with Crippen LogP contribution in [0.15, 0.2) is 47.6 Å². The number of benzene rings is 1. The van der Waals surface area contributed by atoms with Gasteiger partial charge in [-0.2, -0.15) is 0 Å². The molecule has 6 heteroatoms. The van der Waals surface area contributed by atoms with E-state index in [9.17, 15) is 0 Å². The summed E-state index contributed by atoms with van der Waals surface area (Å²) in [5.74, 6) is 2.37. The van der Waals surface area contributed by atoms with Crippen LogP contribution in [0.25, 0.3) is 0 Å². The van der Waals surface area contributed by atoms with Crippen molar-refractivity contribution < 1.29 is 0 Å². The Labute approximate surface area is 192 Å². The maximum atomic E-state index is 4.78. The summed E-state index contributed by atoms with van der Waals surface area (Å²) >= 11 is 0.